The number of nitrogens with one attached hydrogen (secondary N) is 2. The van der Waals surface area contributed by atoms with Gasteiger partial charge in [0.2, 0.25) is 5.91 Å². The zero-order chi connectivity index (χ0) is 18.5. The number of hydrogen-bond donors (Lipinski definition) is 2. The largest absolute Gasteiger partial charge is 0.363 e. The van der Waals surface area contributed by atoms with Crippen molar-refractivity contribution in [2.75, 3.05) is 29.6 Å². The van der Waals surface area contributed by atoms with Crippen LogP contribution < -0.4 is 15.5 Å². The molecular formula is C20H27N5O. The first-order valence-corrected chi connectivity index (χ1v) is 9.19. The third-order valence-corrected chi connectivity index (χ3v) is 4.67. The Morgan fingerprint density at radius 2 is 1.77 bits per heavy atom. The minimum absolute atomic E-state index is 0.111. The zero-order valence-electron chi connectivity index (χ0n) is 15.7. The van der Waals surface area contributed by atoms with Gasteiger partial charge in [-0.15, -0.1) is 0 Å². The van der Waals surface area contributed by atoms with Crippen molar-refractivity contribution in [3.63, 3.8) is 0 Å². The third kappa shape index (κ3) is 4.94. The fourth-order valence-corrected chi connectivity index (χ4v) is 3.32. The Morgan fingerprint density at radius 3 is 2.42 bits per heavy atom. The van der Waals surface area contributed by atoms with Gasteiger partial charge in [-0.25, -0.2) is 9.97 Å². The second-order valence-corrected chi connectivity index (χ2v) is 7.16. The lowest BCUT2D eigenvalue weighted by Gasteiger charge is -2.14. The molecule has 26 heavy (non-hydrogen) atoms. The van der Waals surface area contributed by atoms with Crippen molar-refractivity contribution in [1.82, 2.24) is 9.97 Å². The Bertz CT molecular complexity index is 751. The summed E-state index contributed by atoms with van der Waals surface area (Å²) < 4.78 is 0. The zero-order valence-corrected chi connectivity index (χ0v) is 15.7. The number of carbonyl (C=O) groups excluding carboxylic acids is 1. The van der Waals surface area contributed by atoms with Crippen LogP contribution in [-0.2, 0) is 4.79 Å². The highest BCUT2D eigenvalue weighted by Crippen LogP contribution is 2.28. The average molecular weight is 353 g/mol. The van der Waals surface area contributed by atoms with E-state index < -0.39 is 0 Å². The molecule has 6 heteroatoms. The summed E-state index contributed by atoms with van der Waals surface area (Å²) in [5.74, 6) is 2.99. The molecule has 2 aromatic rings. The average Bonchev–Trinajstić information content (AvgIpc) is 3.09. The SMILES string of the molecule is Cc1nc(Nc2ccc(NC(=O)CC3CCCC3)cc2)cc(N(C)C)n1. The van der Waals surface area contributed by atoms with E-state index in [0.717, 1.165) is 28.8 Å². The summed E-state index contributed by atoms with van der Waals surface area (Å²) in [7, 11) is 3.91. The molecule has 1 aliphatic rings. The molecule has 1 aromatic carbocycles. The predicted molar refractivity (Wildman–Crippen MR) is 106 cm³/mol. The molecule has 0 aliphatic heterocycles. The summed E-state index contributed by atoms with van der Waals surface area (Å²) in [5.41, 5.74) is 1.74. The highest BCUT2D eigenvalue weighted by atomic mass is 16.1. The van der Waals surface area contributed by atoms with E-state index in [4.69, 9.17) is 0 Å². The van der Waals surface area contributed by atoms with Gasteiger partial charge in [-0.05, 0) is 49.9 Å². The summed E-state index contributed by atoms with van der Waals surface area (Å²) >= 11 is 0. The summed E-state index contributed by atoms with van der Waals surface area (Å²) in [6, 6.07) is 9.62. The first kappa shape index (κ1) is 18.2. The Morgan fingerprint density at radius 1 is 1.12 bits per heavy atom. The van der Waals surface area contributed by atoms with Crippen LogP contribution in [0, 0.1) is 12.8 Å². The van der Waals surface area contributed by atoms with Crippen LogP contribution in [0.3, 0.4) is 0 Å². The van der Waals surface area contributed by atoms with Gasteiger partial charge in [0.1, 0.15) is 17.5 Å². The molecule has 1 amide bonds. The molecule has 3 rings (SSSR count). The molecule has 1 aliphatic carbocycles. The van der Waals surface area contributed by atoms with Crippen molar-refractivity contribution < 1.29 is 4.79 Å². The summed E-state index contributed by atoms with van der Waals surface area (Å²) in [6.45, 7) is 1.88. The fourth-order valence-electron chi connectivity index (χ4n) is 3.32. The summed E-state index contributed by atoms with van der Waals surface area (Å²) in [5, 5.41) is 6.28. The molecule has 6 nitrogen and oxygen atoms in total. The molecule has 0 radical (unpaired) electrons. The van der Waals surface area contributed by atoms with E-state index in [0.29, 0.717) is 12.3 Å². The Labute approximate surface area is 155 Å². The number of amides is 1. The molecule has 1 saturated carbocycles. The molecule has 0 spiro atoms. The van der Waals surface area contributed by atoms with Crippen molar-refractivity contribution in [3.05, 3.63) is 36.2 Å². The van der Waals surface area contributed by atoms with Crippen LogP contribution in [0.1, 0.15) is 37.9 Å². The van der Waals surface area contributed by atoms with E-state index >= 15 is 0 Å². The van der Waals surface area contributed by atoms with Crippen LogP contribution in [0.25, 0.3) is 0 Å². The van der Waals surface area contributed by atoms with Gasteiger partial charge in [0, 0.05) is 38.0 Å². The van der Waals surface area contributed by atoms with Crippen LogP contribution in [0.2, 0.25) is 0 Å². The van der Waals surface area contributed by atoms with E-state index in [1.54, 1.807) is 0 Å². The smallest absolute Gasteiger partial charge is 0.224 e. The summed E-state index contributed by atoms with van der Waals surface area (Å²) in [4.78, 5) is 22.9. The van der Waals surface area contributed by atoms with Gasteiger partial charge in [0.25, 0.3) is 0 Å². The minimum atomic E-state index is 0.111. The lowest BCUT2D eigenvalue weighted by Crippen LogP contribution is -2.15. The molecule has 0 unspecified atom stereocenters. The monoisotopic (exact) mass is 353 g/mol. The molecule has 1 heterocycles. The molecule has 1 aromatic heterocycles. The van der Waals surface area contributed by atoms with E-state index in [2.05, 4.69) is 20.6 Å². The van der Waals surface area contributed by atoms with Gasteiger partial charge in [-0.3, -0.25) is 4.79 Å². The number of anilines is 4. The van der Waals surface area contributed by atoms with E-state index in [1.165, 1.54) is 25.7 Å². The maximum absolute atomic E-state index is 12.1. The standard InChI is InChI=1S/C20H27N5O/c1-14-21-18(13-19(22-14)25(2)3)23-16-8-10-17(11-9-16)24-20(26)12-15-6-4-5-7-15/h8-11,13,15H,4-7,12H2,1-3H3,(H,24,26)(H,21,22,23). The van der Waals surface area contributed by atoms with Crippen LogP contribution >= 0.6 is 0 Å². The van der Waals surface area contributed by atoms with Gasteiger partial charge in [-0.2, -0.15) is 0 Å². The van der Waals surface area contributed by atoms with Crippen molar-refractivity contribution in [2.24, 2.45) is 5.92 Å². The second kappa shape index (κ2) is 8.17. The van der Waals surface area contributed by atoms with E-state index in [-0.39, 0.29) is 5.91 Å². The number of nitrogens with zero attached hydrogens (tertiary/aromatic N) is 3. The molecular weight excluding hydrogens is 326 g/mol. The third-order valence-electron chi connectivity index (χ3n) is 4.67. The molecule has 0 bridgehead atoms. The van der Waals surface area contributed by atoms with E-state index in [9.17, 15) is 4.79 Å². The van der Waals surface area contributed by atoms with Crippen molar-refractivity contribution in [1.29, 1.82) is 0 Å². The number of aromatic nitrogens is 2. The number of benzene rings is 1. The van der Waals surface area contributed by atoms with Gasteiger partial charge in [0.15, 0.2) is 0 Å². The molecule has 1 fully saturated rings. The molecule has 0 atom stereocenters. The van der Waals surface area contributed by atoms with Crippen LogP contribution in [0.4, 0.5) is 23.0 Å². The first-order valence-electron chi connectivity index (χ1n) is 9.19. The Balaban J connectivity index is 1.60. The van der Waals surface area contributed by atoms with E-state index in [1.807, 2.05) is 56.3 Å². The quantitative estimate of drug-likeness (QED) is 0.818. The fraction of sp³-hybridized carbons (Fsp3) is 0.450. The Kier molecular flexibility index (Phi) is 5.71. The van der Waals surface area contributed by atoms with Gasteiger partial charge >= 0.3 is 0 Å². The van der Waals surface area contributed by atoms with Crippen molar-refractivity contribution in [3.8, 4) is 0 Å². The highest BCUT2D eigenvalue weighted by Gasteiger charge is 2.18. The lowest BCUT2D eigenvalue weighted by molar-refractivity contribution is -0.117. The number of aryl methyl sites for hydroxylation is 1. The lowest BCUT2D eigenvalue weighted by atomic mass is 10.0. The van der Waals surface area contributed by atoms with Crippen LogP contribution in [-0.4, -0.2) is 30.0 Å². The van der Waals surface area contributed by atoms with Crippen molar-refractivity contribution >= 4 is 28.9 Å². The first-order chi connectivity index (χ1) is 12.5. The topological polar surface area (TPSA) is 70.2 Å². The van der Waals surface area contributed by atoms with Gasteiger partial charge in [0.05, 0.1) is 0 Å². The van der Waals surface area contributed by atoms with Crippen LogP contribution in [0.5, 0.6) is 0 Å². The van der Waals surface area contributed by atoms with Crippen molar-refractivity contribution in [2.45, 2.75) is 39.0 Å². The predicted octanol–water partition coefficient (Wildman–Crippen LogP) is 4.11. The molecule has 0 saturated heterocycles. The highest BCUT2D eigenvalue weighted by molar-refractivity contribution is 5.91. The Hall–Kier alpha value is -2.63. The van der Waals surface area contributed by atoms with Gasteiger partial charge in [-0.1, -0.05) is 12.8 Å². The molecule has 2 N–H and O–H groups in total. The maximum atomic E-state index is 12.1. The summed E-state index contributed by atoms with van der Waals surface area (Å²) in [6.07, 6.45) is 5.52. The van der Waals surface area contributed by atoms with Gasteiger partial charge < -0.3 is 15.5 Å². The number of hydrogen-bond acceptors (Lipinski definition) is 5. The normalized spacial score (nSPS) is 14.3. The molecule has 138 valence electrons. The number of rotatable bonds is 6. The van der Waals surface area contributed by atoms with Crippen LogP contribution in [0.15, 0.2) is 30.3 Å². The second-order valence-electron chi connectivity index (χ2n) is 7.16. The number of carbonyl (C=O) groups is 1. The minimum Gasteiger partial charge on any atom is -0.363 e. The maximum Gasteiger partial charge on any atom is 0.224 e.